The average molecular weight is 410 g/mol. The van der Waals surface area contributed by atoms with Gasteiger partial charge in [-0.2, -0.15) is 0 Å². The Labute approximate surface area is 173 Å². The second-order valence-corrected chi connectivity index (χ2v) is 7.91. The maximum Gasteiger partial charge on any atom is 0.247 e. The van der Waals surface area contributed by atoms with Crippen LogP contribution >= 0.6 is 11.3 Å². The van der Waals surface area contributed by atoms with Crippen molar-refractivity contribution < 1.29 is 4.79 Å². The van der Waals surface area contributed by atoms with Crippen molar-refractivity contribution in [2.75, 3.05) is 11.9 Å². The molecule has 29 heavy (non-hydrogen) atoms. The molecular weight excluding hydrogens is 386 g/mol. The fourth-order valence-corrected chi connectivity index (χ4v) is 4.10. The monoisotopic (exact) mass is 409 g/mol. The lowest BCUT2D eigenvalue weighted by molar-refractivity contribution is -0.129. The molecule has 0 aliphatic carbocycles. The smallest absolute Gasteiger partial charge is 0.247 e. The van der Waals surface area contributed by atoms with Crippen molar-refractivity contribution in [2.24, 2.45) is 0 Å². The van der Waals surface area contributed by atoms with Gasteiger partial charge in [0.05, 0.1) is 30.0 Å². The summed E-state index contributed by atoms with van der Waals surface area (Å²) in [5.74, 6) is 1.33. The molecule has 4 rings (SSSR count). The van der Waals surface area contributed by atoms with E-state index >= 15 is 0 Å². The largest absolute Gasteiger partial charge is 0.345 e. The first kappa shape index (κ1) is 19.3. The third-order valence-corrected chi connectivity index (χ3v) is 5.61. The van der Waals surface area contributed by atoms with Crippen molar-refractivity contribution in [1.82, 2.24) is 29.8 Å². The van der Waals surface area contributed by atoms with E-state index in [9.17, 15) is 4.79 Å². The first-order valence-electron chi connectivity index (χ1n) is 9.60. The number of rotatable bonds is 5. The van der Waals surface area contributed by atoms with Gasteiger partial charge < -0.3 is 15.2 Å². The number of aromatic nitrogens is 5. The number of amides is 1. The summed E-state index contributed by atoms with van der Waals surface area (Å²) in [5, 5.41) is 6.05. The van der Waals surface area contributed by atoms with Crippen LogP contribution in [0.2, 0.25) is 0 Å². The Bertz CT molecular complexity index is 1010. The highest BCUT2D eigenvalue weighted by molar-refractivity contribution is 7.13. The number of piperidine rings is 1. The van der Waals surface area contributed by atoms with Gasteiger partial charge in [0.2, 0.25) is 5.91 Å². The molecule has 1 unspecified atom stereocenters. The van der Waals surface area contributed by atoms with Crippen molar-refractivity contribution >= 4 is 34.3 Å². The molecule has 9 heteroatoms. The van der Waals surface area contributed by atoms with E-state index in [-0.39, 0.29) is 11.9 Å². The first-order valence-corrected chi connectivity index (χ1v) is 10.5. The molecule has 2 N–H and O–H groups in total. The summed E-state index contributed by atoms with van der Waals surface area (Å²) in [6.07, 6.45) is 9.48. The lowest BCUT2D eigenvalue weighted by Crippen LogP contribution is -2.38. The predicted octanol–water partition coefficient (Wildman–Crippen LogP) is 3.78. The number of thiazole rings is 1. The van der Waals surface area contributed by atoms with Crippen LogP contribution in [0.25, 0.3) is 6.08 Å². The number of anilines is 2. The van der Waals surface area contributed by atoms with E-state index in [1.165, 1.54) is 11.3 Å². The molecule has 1 fully saturated rings. The molecule has 150 valence electrons. The highest BCUT2D eigenvalue weighted by Crippen LogP contribution is 2.30. The molecule has 0 spiro atoms. The van der Waals surface area contributed by atoms with Gasteiger partial charge in [-0.1, -0.05) is 0 Å². The number of nitrogens with zero attached hydrogens (tertiary/aromatic N) is 5. The fraction of sp³-hybridized carbons (Fsp3) is 0.350. The highest BCUT2D eigenvalue weighted by atomic mass is 32.1. The number of aryl methyl sites for hydroxylation is 2. The number of likely N-dealkylation sites (tertiary alicyclic amines) is 1. The standard InChI is InChI=1S/C20H23N7OS/c1-13-9-17(26-20-24-14(2)11-29-20)25-19(23-13)16-5-3-4-8-27(16)18(28)7-6-15-10-21-12-22-15/h6-7,9-12,16H,3-5,8H2,1-2H3,(H,21,22)(H,23,24,25,26)/b7-6+. The van der Waals surface area contributed by atoms with Gasteiger partial charge in [-0.05, 0) is 39.2 Å². The Kier molecular flexibility index (Phi) is 5.66. The summed E-state index contributed by atoms with van der Waals surface area (Å²) in [6, 6.07) is 1.76. The van der Waals surface area contributed by atoms with Crippen LogP contribution in [0.4, 0.5) is 10.9 Å². The molecule has 4 heterocycles. The lowest BCUT2D eigenvalue weighted by atomic mass is 10.0. The average Bonchev–Trinajstić information content (AvgIpc) is 3.37. The number of carbonyl (C=O) groups is 1. The molecule has 8 nitrogen and oxygen atoms in total. The zero-order valence-corrected chi connectivity index (χ0v) is 17.2. The minimum absolute atomic E-state index is 0.0422. The van der Waals surface area contributed by atoms with E-state index in [4.69, 9.17) is 4.98 Å². The fourth-order valence-electron chi connectivity index (χ4n) is 3.40. The summed E-state index contributed by atoms with van der Waals surface area (Å²) in [7, 11) is 0. The van der Waals surface area contributed by atoms with Crippen LogP contribution in [0, 0.1) is 13.8 Å². The Morgan fingerprint density at radius 3 is 2.93 bits per heavy atom. The zero-order chi connectivity index (χ0) is 20.2. The van der Waals surface area contributed by atoms with Crippen molar-refractivity contribution in [1.29, 1.82) is 0 Å². The van der Waals surface area contributed by atoms with E-state index in [0.717, 1.165) is 41.5 Å². The van der Waals surface area contributed by atoms with Crippen molar-refractivity contribution in [3.05, 3.63) is 53.0 Å². The number of carbonyl (C=O) groups excluding carboxylic acids is 1. The molecule has 3 aromatic rings. The van der Waals surface area contributed by atoms with Gasteiger partial charge in [-0.3, -0.25) is 4.79 Å². The van der Waals surface area contributed by atoms with Crippen molar-refractivity contribution in [3.8, 4) is 0 Å². The lowest BCUT2D eigenvalue weighted by Gasteiger charge is -2.34. The first-order chi connectivity index (χ1) is 14.1. The predicted molar refractivity (Wildman–Crippen MR) is 113 cm³/mol. The Hall–Kier alpha value is -3.07. The quantitative estimate of drug-likeness (QED) is 0.622. The van der Waals surface area contributed by atoms with Gasteiger partial charge in [0.1, 0.15) is 5.82 Å². The SMILES string of the molecule is Cc1cc(Nc2nc(C)cs2)nc(C2CCCCN2C(=O)/C=C/c2cnc[nH]2)n1. The molecule has 1 saturated heterocycles. The van der Waals surface area contributed by atoms with E-state index < -0.39 is 0 Å². The Morgan fingerprint density at radius 1 is 1.28 bits per heavy atom. The summed E-state index contributed by atoms with van der Waals surface area (Å²) in [5.41, 5.74) is 2.62. The molecule has 0 aromatic carbocycles. The molecule has 1 aliphatic rings. The molecule has 3 aromatic heterocycles. The number of aromatic amines is 1. The van der Waals surface area contributed by atoms with Gasteiger partial charge in [-0.15, -0.1) is 11.3 Å². The Balaban J connectivity index is 1.56. The van der Waals surface area contributed by atoms with Gasteiger partial charge in [-0.25, -0.2) is 19.9 Å². The third kappa shape index (κ3) is 4.68. The van der Waals surface area contributed by atoms with Crippen LogP contribution in [-0.2, 0) is 4.79 Å². The highest BCUT2D eigenvalue weighted by Gasteiger charge is 2.29. The second-order valence-electron chi connectivity index (χ2n) is 7.06. The van der Waals surface area contributed by atoms with Crippen LogP contribution in [0.15, 0.2) is 30.0 Å². The van der Waals surface area contributed by atoms with Crippen molar-refractivity contribution in [3.63, 3.8) is 0 Å². The number of hydrogen-bond acceptors (Lipinski definition) is 7. The van der Waals surface area contributed by atoms with E-state index in [1.54, 1.807) is 24.7 Å². The second kappa shape index (κ2) is 8.52. The van der Waals surface area contributed by atoms with Gasteiger partial charge in [0, 0.05) is 29.8 Å². The summed E-state index contributed by atoms with van der Waals surface area (Å²) in [6.45, 7) is 4.60. The van der Waals surface area contributed by atoms with E-state index in [1.807, 2.05) is 30.2 Å². The molecule has 1 atom stereocenters. The van der Waals surface area contributed by atoms with Crippen molar-refractivity contribution in [2.45, 2.75) is 39.2 Å². The van der Waals surface area contributed by atoms with Gasteiger partial charge in [0.15, 0.2) is 11.0 Å². The van der Waals surface area contributed by atoms with E-state index in [2.05, 4.69) is 25.3 Å². The van der Waals surface area contributed by atoms with Gasteiger partial charge in [0.25, 0.3) is 0 Å². The summed E-state index contributed by atoms with van der Waals surface area (Å²) < 4.78 is 0. The van der Waals surface area contributed by atoms with Crippen LogP contribution in [0.1, 0.15) is 48.2 Å². The van der Waals surface area contributed by atoms with Gasteiger partial charge >= 0.3 is 0 Å². The third-order valence-electron chi connectivity index (χ3n) is 4.73. The minimum atomic E-state index is -0.138. The minimum Gasteiger partial charge on any atom is -0.345 e. The molecule has 0 saturated carbocycles. The molecular formula is C20H23N7OS. The van der Waals surface area contributed by atoms with Crippen LogP contribution in [-0.4, -0.2) is 42.3 Å². The zero-order valence-electron chi connectivity index (χ0n) is 16.4. The number of imidazole rings is 1. The molecule has 0 bridgehead atoms. The number of hydrogen-bond donors (Lipinski definition) is 2. The number of H-pyrrole nitrogens is 1. The van der Waals surface area contributed by atoms with E-state index in [0.29, 0.717) is 18.2 Å². The maximum absolute atomic E-state index is 12.9. The number of nitrogens with one attached hydrogen (secondary N) is 2. The van der Waals surface area contributed by atoms with Crippen LogP contribution in [0.3, 0.4) is 0 Å². The summed E-state index contributed by atoms with van der Waals surface area (Å²) >= 11 is 1.54. The maximum atomic E-state index is 12.9. The van der Waals surface area contributed by atoms with Crippen LogP contribution < -0.4 is 5.32 Å². The normalized spacial score (nSPS) is 17.0. The van der Waals surface area contributed by atoms with Crippen LogP contribution in [0.5, 0.6) is 0 Å². The summed E-state index contributed by atoms with van der Waals surface area (Å²) in [4.78, 5) is 35.5. The molecule has 0 radical (unpaired) electrons. The Morgan fingerprint density at radius 2 is 2.17 bits per heavy atom. The molecule has 1 aliphatic heterocycles. The topological polar surface area (TPSA) is 99.7 Å². The molecule has 1 amide bonds.